The lowest BCUT2D eigenvalue weighted by atomic mass is 9.99. The third-order valence-corrected chi connectivity index (χ3v) is 11.6. The summed E-state index contributed by atoms with van der Waals surface area (Å²) in [5, 5.41) is 0. The van der Waals surface area contributed by atoms with E-state index < -0.39 is 6.10 Å². The van der Waals surface area contributed by atoms with Gasteiger partial charge in [0.1, 0.15) is 13.2 Å². The number of carbonyl (C=O) groups excluding carboxylic acids is 3. The summed E-state index contributed by atoms with van der Waals surface area (Å²) in [7, 11) is 0. The van der Waals surface area contributed by atoms with Crippen molar-refractivity contribution in [3.8, 4) is 0 Å². The van der Waals surface area contributed by atoms with Crippen LogP contribution in [0.5, 0.6) is 0 Å². The monoisotopic (exact) mass is 793 g/mol. The van der Waals surface area contributed by atoms with Crippen LogP contribution in [0.2, 0.25) is 0 Å². The Kier molecular flexibility index (Phi) is 41.8. The molecule has 0 fully saturated rings. The Balaban J connectivity index is 4.30. The predicted octanol–water partition coefficient (Wildman–Crippen LogP) is 15.8. The molecule has 0 saturated carbocycles. The fraction of sp³-hybridized carbons (Fsp3) is 0.940. The molecule has 0 aliphatic heterocycles. The molecule has 0 amide bonds. The smallest absolute Gasteiger partial charge is 0.306 e. The summed E-state index contributed by atoms with van der Waals surface area (Å²) in [6.45, 7) is 11.4. The van der Waals surface area contributed by atoms with Gasteiger partial charge in [0.05, 0.1) is 0 Å². The lowest BCUT2D eigenvalue weighted by Crippen LogP contribution is -2.30. The summed E-state index contributed by atoms with van der Waals surface area (Å²) in [6, 6.07) is 0. The lowest BCUT2D eigenvalue weighted by molar-refractivity contribution is -0.167. The second-order valence-electron chi connectivity index (χ2n) is 17.8. The fourth-order valence-electron chi connectivity index (χ4n) is 7.43. The van der Waals surface area contributed by atoms with Gasteiger partial charge >= 0.3 is 17.9 Å². The Morgan fingerprint density at radius 3 is 1.02 bits per heavy atom. The zero-order chi connectivity index (χ0) is 41.2. The molecule has 0 aromatic carbocycles. The highest BCUT2D eigenvalue weighted by atomic mass is 16.6. The Morgan fingerprint density at radius 1 is 0.375 bits per heavy atom. The van der Waals surface area contributed by atoms with Gasteiger partial charge in [-0.05, 0) is 31.1 Å². The summed E-state index contributed by atoms with van der Waals surface area (Å²) in [4.78, 5) is 37.8. The van der Waals surface area contributed by atoms with Crippen molar-refractivity contribution in [1.82, 2.24) is 0 Å². The van der Waals surface area contributed by atoms with Crippen LogP contribution in [0.4, 0.5) is 0 Å². The molecule has 0 radical (unpaired) electrons. The number of rotatable bonds is 44. The standard InChI is InChI=1S/C50H96O6/c1-6-8-9-10-11-18-25-30-35-40-48(51)54-43-47(56-50(53)42-37-32-27-22-17-16-20-24-29-34-39-46(5)7-2)44-55-49(52)41-36-31-26-21-15-13-12-14-19-23-28-33-38-45(3)4/h45-47H,6-44H2,1-5H3/t46?,47-/m1/s1. The Morgan fingerprint density at radius 2 is 0.679 bits per heavy atom. The van der Waals surface area contributed by atoms with Crippen LogP contribution in [0, 0.1) is 11.8 Å². The molecule has 332 valence electrons. The van der Waals surface area contributed by atoms with Crippen molar-refractivity contribution in [2.75, 3.05) is 13.2 Å². The first-order valence-corrected chi connectivity index (χ1v) is 24.8. The van der Waals surface area contributed by atoms with Crippen molar-refractivity contribution in [2.45, 2.75) is 278 Å². The summed E-state index contributed by atoms with van der Waals surface area (Å²) >= 11 is 0. The van der Waals surface area contributed by atoms with Gasteiger partial charge in [0.25, 0.3) is 0 Å². The molecule has 0 aromatic heterocycles. The summed E-state index contributed by atoms with van der Waals surface area (Å²) in [5.41, 5.74) is 0. The van der Waals surface area contributed by atoms with E-state index in [1.165, 1.54) is 161 Å². The molecular weight excluding hydrogens is 697 g/mol. The van der Waals surface area contributed by atoms with Crippen molar-refractivity contribution in [1.29, 1.82) is 0 Å². The molecule has 6 heteroatoms. The summed E-state index contributed by atoms with van der Waals surface area (Å²) in [6.07, 6.45) is 42.2. The Hall–Kier alpha value is -1.59. The van der Waals surface area contributed by atoms with Gasteiger partial charge in [-0.2, -0.15) is 0 Å². The lowest BCUT2D eigenvalue weighted by Gasteiger charge is -2.18. The summed E-state index contributed by atoms with van der Waals surface area (Å²) < 4.78 is 16.8. The summed E-state index contributed by atoms with van der Waals surface area (Å²) in [5.74, 6) is 0.847. The molecule has 0 heterocycles. The predicted molar refractivity (Wildman–Crippen MR) is 238 cm³/mol. The van der Waals surface area contributed by atoms with Gasteiger partial charge in [-0.25, -0.2) is 0 Å². The molecule has 0 aliphatic rings. The zero-order valence-electron chi connectivity index (χ0n) is 38.3. The molecular formula is C50H96O6. The normalized spacial score (nSPS) is 12.5. The average molecular weight is 793 g/mol. The van der Waals surface area contributed by atoms with Crippen LogP contribution in [0.3, 0.4) is 0 Å². The minimum atomic E-state index is -0.760. The number of carbonyl (C=O) groups is 3. The van der Waals surface area contributed by atoms with Gasteiger partial charge < -0.3 is 14.2 Å². The highest BCUT2D eigenvalue weighted by Gasteiger charge is 2.19. The number of unbranched alkanes of at least 4 members (excludes halogenated alkanes) is 28. The SMILES string of the molecule is CCCCCCCCCCCC(=O)OC[C@H](COC(=O)CCCCCCCCCCCCCCC(C)C)OC(=O)CCCCCCCCCCCCC(C)CC. The first-order chi connectivity index (χ1) is 27.3. The van der Waals surface area contributed by atoms with E-state index in [4.69, 9.17) is 14.2 Å². The van der Waals surface area contributed by atoms with Crippen molar-refractivity contribution < 1.29 is 28.6 Å². The minimum Gasteiger partial charge on any atom is -0.462 e. The highest BCUT2D eigenvalue weighted by Crippen LogP contribution is 2.17. The van der Waals surface area contributed by atoms with E-state index >= 15 is 0 Å². The van der Waals surface area contributed by atoms with Gasteiger partial charge in [-0.1, -0.05) is 234 Å². The van der Waals surface area contributed by atoms with Crippen molar-refractivity contribution in [3.05, 3.63) is 0 Å². The van der Waals surface area contributed by atoms with E-state index in [1.54, 1.807) is 0 Å². The van der Waals surface area contributed by atoms with Crippen molar-refractivity contribution in [3.63, 3.8) is 0 Å². The Bertz CT molecular complexity index is 856. The van der Waals surface area contributed by atoms with Crippen LogP contribution in [-0.4, -0.2) is 37.2 Å². The second-order valence-corrected chi connectivity index (χ2v) is 17.8. The van der Waals surface area contributed by atoms with Crippen LogP contribution in [-0.2, 0) is 28.6 Å². The van der Waals surface area contributed by atoms with Crippen LogP contribution < -0.4 is 0 Å². The molecule has 0 aliphatic carbocycles. The van der Waals surface area contributed by atoms with Gasteiger partial charge in [0.2, 0.25) is 0 Å². The topological polar surface area (TPSA) is 78.9 Å². The van der Waals surface area contributed by atoms with Gasteiger partial charge in [-0.3, -0.25) is 14.4 Å². The maximum atomic E-state index is 12.7. The number of hydrogen-bond donors (Lipinski definition) is 0. The molecule has 56 heavy (non-hydrogen) atoms. The van der Waals surface area contributed by atoms with Crippen molar-refractivity contribution >= 4 is 17.9 Å². The quantitative estimate of drug-likeness (QED) is 0.0347. The molecule has 0 rings (SSSR count). The fourth-order valence-corrected chi connectivity index (χ4v) is 7.43. The maximum absolute atomic E-state index is 12.7. The van der Waals surface area contributed by atoms with Crippen LogP contribution >= 0.6 is 0 Å². The second kappa shape index (κ2) is 43.0. The first-order valence-electron chi connectivity index (χ1n) is 24.8. The van der Waals surface area contributed by atoms with E-state index in [1.807, 2.05) is 0 Å². The number of esters is 3. The third-order valence-electron chi connectivity index (χ3n) is 11.6. The molecule has 0 N–H and O–H groups in total. The number of ether oxygens (including phenoxy) is 3. The van der Waals surface area contributed by atoms with Crippen LogP contribution in [0.1, 0.15) is 272 Å². The van der Waals surface area contributed by atoms with E-state index in [0.29, 0.717) is 19.3 Å². The molecule has 0 bridgehead atoms. The van der Waals surface area contributed by atoms with E-state index in [0.717, 1.165) is 69.6 Å². The van der Waals surface area contributed by atoms with Gasteiger partial charge in [-0.15, -0.1) is 0 Å². The minimum absolute atomic E-state index is 0.0642. The van der Waals surface area contributed by atoms with Crippen molar-refractivity contribution in [2.24, 2.45) is 11.8 Å². The van der Waals surface area contributed by atoms with Crippen LogP contribution in [0.25, 0.3) is 0 Å². The number of hydrogen-bond acceptors (Lipinski definition) is 6. The van der Waals surface area contributed by atoms with E-state index in [2.05, 4.69) is 34.6 Å². The molecule has 0 spiro atoms. The highest BCUT2D eigenvalue weighted by molar-refractivity contribution is 5.71. The largest absolute Gasteiger partial charge is 0.462 e. The molecule has 1 unspecified atom stereocenters. The van der Waals surface area contributed by atoms with E-state index in [9.17, 15) is 14.4 Å². The first kappa shape index (κ1) is 54.4. The molecule has 0 saturated heterocycles. The molecule has 0 aromatic rings. The molecule has 6 nitrogen and oxygen atoms in total. The third kappa shape index (κ3) is 42.0. The zero-order valence-corrected chi connectivity index (χ0v) is 38.3. The van der Waals surface area contributed by atoms with Gasteiger partial charge in [0, 0.05) is 19.3 Å². The van der Waals surface area contributed by atoms with Crippen LogP contribution in [0.15, 0.2) is 0 Å². The van der Waals surface area contributed by atoms with Gasteiger partial charge in [0.15, 0.2) is 6.10 Å². The maximum Gasteiger partial charge on any atom is 0.306 e. The Labute approximate surface area is 348 Å². The molecule has 2 atom stereocenters. The average Bonchev–Trinajstić information content (AvgIpc) is 3.18. The van der Waals surface area contributed by atoms with E-state index in [-0.39, 0.29) is 31.1 Å².